The maximum atomic E-state index is 12.2. The van der Waals surface area contributed by atoms with Gasteiger partial charge in [-0.15, -0.1) is 0 Å². The zero-order valence-corrected chi connectivity index (χ0v) is 14.4. The van der Waals surface area contributed by atoms with Crippen molar-refractivity contribution in [3.63, 3.8) is 0 Å². The summed E-state index contributed by atoms with van der Waals surface area (Å²) in [5, 5.41) is 3.43. The van der Waals surface area contributed by atoms with E-state index in [4.69, 9.17) is 9.47 Å². The molecule has 2 atom stereocenters. The van der Waals surface area contributed by atoms with Crippen LogP contribution in [0.2, 0.25) is 0 Å². The summed E-state index contributed by atoms with van der Waals surface area (Å²) in [6.45, 7) is 9.39. The predicted molar refractivity (Wildman–Crippen MR) is 85.3 cm³/mol. The van der Waals surface area contributed by atoms with Crippen LogP contribution in [0.4, 0.5) is 0 Å². The molecule has 1 N–H and O–H groups in total. The van der Waals surface area contributed by atoms with Gasteiger partial charge in [-0.2, -0.15) is 0 Å². The van der Waals surface area contributed by atoms with Gasteiger partial charge in [-0.05, 0) is 51.9 Å². The Bertz CT molecular complexity index is 317. The molecule has 1 fully saturated rings. The van der Waals surface area contributed by atoms with Gasteiger partial charge in [-0.25, -0.2) is 0 Å². The van der Waals surface area contributed by atoms with Crippen LogP contribution in [0.1, 0.15) is 66.2 Å². The molecule has 0 saturated heterocycles. The summed E-state index contributed by atoms with van der Waals surface area (Å²) in [6, 6.07) is 0.254. The fourth-order valence-corrected chi connectivity index (χ4v) is 3.23. The van der Waals surface area contributed by atoms with Gasteiger partial charge in [-0.3, -0.25) is 10.1 Å². The normalized spacial score (nSPS) is 26.3. The van der Waals surface area contributed by atoms with E-state index in [-0.39, 0.29) is 18.1 Å². The molecule has 0 aromatic rings. The van der Waals surface area contributed by atoms with Crippen LogP contribution in [0, 0.1) is 5.92 Å². The molecule has 4 heteroatoms. The number of methoxy groups -OCH3 is 1. The third kappa shape index (κ3) is 5.95. The first-order chi connectivity index (χ1) is 9.89. The van der Waals surface area contributed by atoms with Crippen molar-refractivity contribution >= 4 is 5.97 Å². The van der Waals surface area contributed by atoms with Crippen molar-refractivity contribution in [3.8, 4) is 0 Å². The second kappa shape index (κ2) is 8.74. The minimum atomic E-state index is -0.566. The maximum Gasteiger partial charge on any atom is 0.326 e. The van der Waals surface area contributed by atoms with Gasteiger partial charge >= 0.3 is 5.97 Å². The molecule has 0 heterocycles. The molecule has 0 aromatic carbocycles. The lowest BCUT2D eigenvalue weighted by Gasteiger charge is -2.40. The van der Waals surface area contributed by atoms with Gasteiger partial charge in [0.25, 0.3) is 0 Å². The van der Waals surface area contributed by atoms with Gasteiger partial charge < -0.3 is 9.47 Å². The van der Waals surface area contributed by atoms with Crippen molar-refractivity contribution in [2.24, 2.45) is 5.92 Å². The summed E-state index contributed by atoms with van der Waals surface area (Å²) in [7, 11) is 1.47. The third-order valence-corrected chi connectivity index (χ3v) is 4.13. The summed E-state index contributed by atoms with van der Waals surface area (Å²) in [5.41, 5.74) is -0.566. The van der Waals surface area contributed by atoms with Crippen LogP contribution in [-0.2, 0) is 14.3 Å². The monoisotopic (exact) mass is 299 g/mol. The molecule has 0 amide bonds. The highest BCUT2D eigenvalue weighted by Crippen LogP contribution is 2.32. The average Bonchev–Trinajstić information content (AvgIpc) is 2.42. The van der Waals surface area contributed by atoms with Gasteiger partial charge in [0.15, 0.2) is 0 Å². The van der Waals surface area contributed by atoms with Gasteiger partial charge in [0, 0.05) is 19.1 Å². The van der Waals surface area contributed by atoms with Crippen molar-refractivity contribution in [1.29, 1.82) is 0 Å². The van der Waals surface area contributed by atoms with E-state index in [2.05, 4.69) is 33.0 Å². The van der Waals surface area contributed by atoms with E-state index in [0.29, 0.717) is 0 Å². The quantitative estimate of drug-likeness (QED) is 0.552. The SMILES string of the molecule is COC(=O)C1(NC(C)C)CCCC(OCCCC(C)C)C1. The third-order valence-electron chi connectivity index (χ3n) is 4.13. The molecule has 124 valence electrons. The minimum absolute atomic E-state index is 0.147. The molecule has 1 rings (SSSR count). The fourth-order valence-electron chi connectivity index (χ4n) is 3.23. The minimum Gasteiger partial charge on any atom is -0.468 e. The lowest BCUT2D eigenvalue weighted by Crippen LogP contribution is -2.58. The van der Waals surface area contributed by atoms with Crippen LogP contribution in [0.5, 0.6) is 0 Å². The highest BCUT2D eigenvalue weighted by Gasteiger charge is 2.44. The van der Waals surface area contributed by atoms with Gasteiger partial charge in [0.1, 0.15) is 5.54 Å². The van der Waals surface area contributed by atoms with E-state index in [9.17, 15) is 4.79 Å². The second-order valence-corrected chi connectivity index (χ2v) is 7.00. The Kier molecular flexibility index (Phi) is 7.67. The summed E-state index contributed by atoms with van der Waals surface area (Å²) >= 11 is 0. The molecule has 21 heavy (non-hydrogen) atoms. The van der Waals surface area contributed by atoms with Crippen molar-refractivity contribution in [3.05, 3.63) is 0 Å². The number of hydrogen-bond donors (Lipinski definition) is 1. The Morgan fingerprint density at radius 1 is 1.33 bits per heavy atom. The number of nitrogens with one attached hydrogen (secondary N) is 1. The van der Waals surface area contributed by atoms with Crippen LogP contribution >= 0.6 is 0 Å². The summed E-state index contributed by atoms with van der Waals surface area (Å²) in [6.07, 6.45) is 6.06. The standard InChI is InChI=1S/C17H33NO3/c1-13(2)8-7-11-21-15-9-6-10-17(12-15,16(19)20-5)18-14(3)4/h13-15,18H,6-12H2,1-5H3. The Morgan fingerprint density at radius 2 is 2.05 bits per heavy atom. The average molecular weight is 299 g/mol. The molecule has 1 aliphatic carbocycles. The largest absolute Gasteiger partial charge is 0.468 e. The molecule has 0 bridgehead atoms. The van der Waals surface area contributed by atoms with Crippen LogP contribution in [0.3, 0.4) is 0 Å². The van der Waals surface area contributed by atoms with Crippen molar-refractivity contribution in [2.75, 3.05) is 13.7 Å². The number of hydrogen-bond acceptors (Lipinski definition) is 4. The number of carbonyl (C=O) groups excluding carboxylic acids is 1. The molecule has 0 spiro atoms. The Morgan fingerprint density at radius 3 is 2.62 bits per heavy atom. The lowest BCUT2D eigenvalue weighted by molar-refractivity contribution is -0.153. The Hall–Kier alpha value is -0.610. The van der Waals surface area contributed by atoms with Crippen molar-refractivity contribution in [1.82, 2.24) is 5.32 Å². The smallest absolute Gasteiger partial charge is 0.326 e. The van der Waals surface area contributed by atoms with Crippen LogP contribution in [0.15, 0.2) is 0 Å². The topological polar surface area (TPSA) is 47.6 Å². The number of carbonyl (C=O) groups is 1. The van der Waals surface area contributed by atoms with E-state index < -0.39 is 5.54 Å². The molecule has 1 saturated carbocycles. The molecule has 0 aliphatic heterocycles. The first-order valence-electron chi connectivity index (χ1n) is 8.37. The Labute approximate surface area is 130 Å². The first-order valence-corrected chi connectivity index (χ1v) is 8.37. The molecule has 0 aromatic heterocycles. The van der Waals surface area contributed by atoms with E-state index in [1.54, 1.807) is 0 Å². The first kappa shape index (κ1) is 18.4. The Balaban J connectivity index is 2.55. The molecule has 2 unspecified atom stereocenters. The van der Waals surface area contributed by atoms with E-state index in [0.717, 1.165) is 44.6 Å². The number of esters is 1. The molecule has 4 nitrogen and oxygen atoms in total. The summed E-state index contributed by atoms with van der Waals surface area (Å²) in [5.74, 6) is 0.573. The van der Waals surface area contributed by atoms with Gasteiger partial charge in [-0.1, -0.05) is 13.8 Å². The van der Waals surface area contributed by atoms with Crippen molar-refractivity contribution < 1.29 is 14.3 Å². The van der Waals surface area contributed by atoms with Gasteiger partial charge in [0.05, 0.1) is 13.2 Å². The number of ether oxygens (including phenoxy) is 2. The summed E-state index contributed by atoms with van der Waals surface area (Å²) in [4.78, 5) is 12.2. The molecule has 1 aliphatic rings. The van der Waals surface area contributed by atoms with E-state index >= 15 is 0 Å². The van der Waals surface area contributed by atoms with E-state index in [1.165, 1.54) is 13.5 Å². The molecular formula is C17H33NO3. The predicted octanol–water partition coefficient (Wildman–Crippen LogP) is 3.29. The zero-order chi connectivity index (χ0) is 15.9. The lowest BCUT2D eigenvalue weighted by atomic mass is 9.79. The maximum absolute atomic E-state index is 12.2. The van der Waals surface area contributed by atoms with Crippen LogP contribution < -0.4 is 5.32 Å². The van der Waals surface area contributed by atoms with E-state index in [1.807, 2.05) is 0 Å². The molecule has 0 radical (unpaired) electrons. The molecular weight excluding hydrogens is 266 g/mol. The number of rotatable bonds is 8. The van der Waals surface area contributed by atoms with Crippen molar-refractivity contribution in [2.45, 2.75) is 83.9 Å². The summed E-state index contributed by atoms with van der Waals surface area (Å²) < 4.78 is 11.1. The highest BCUT2D eigenvalue weighted by molar-refractivity contribution is 5.81. The highest BCUT2D eigenvalue weighted by atomic mass is 16.5. The van der Waals surface area contributed by atoms with Gasteiger partial charge in [0.2, 0.25) is 0 Å². The zero-order valence-electron chi connectivity index (χ0n) is 14.4. The van der Waals surface area contributed by atoms with Crippen LogP contribution in [0.25, 0.3) is 0 Å². The second-order valence-electron chi connectivity index (χ2n) is 7.00. The van der Waals surface area contributed by atoms with Crippen LogP contribution in [-0.4, -0.2) is 37.4 Å². The fraction of sp³-hybridized carbons (Fsp3) is 0.941.